The summed E-state index contributed by atoms with van der Waals surface area (Å²) < 4.78 is 12.1. The van der Waals surface area contributed by atoms with E-state index in [1.807, 2.05) is 52.0 Å². The quantitative estimate of drug-likeness (QED) is 0.286. The van der Waals surface area contributed by atoms with Crippen molar-refractivity contribution in [3.8, 4) is 0 Å². The lowest BCUT2D eigenvalue weighted by Gasteiger charge is -2.32. The summed E-state index contributed by atoms with van der Waals surface area (Å²) in [5.74, 6) is 0.161. The third kappa shape index (κ3) is 2.67. The fraction of sp³-hybridized carbons (Fsp3) is 0.500. The van der Waals surface area contributed by atoms with Crippen molar-refractivity contribution in [3.63, 3.8) is 0 Å². The van der Waals surface area contributed by atoms with Gasteiger partial charge < -0.3 is 20.2 Å². The summed E-state index contributed by atoms with van der Waals surface area (Å²) in [6.45, 7) is 8.05. The molecule has 0 aromatic heterocycles. The highest BCUT2D eigenvalue weighted by Crippen LogP contribution is 2.36. The van der Waals surface area contributed by atoms with E-state index in [-0.39, 0.29) is 17.0 Å². The summed E-state index contributed by atoms with van der Waals surface area (Å²) in [6, 6.07) is 7.71. The lowest BCUT2D eigenvalue weighted by molar-refractivity contribution is 0.00578. The molecule has 6 heteroatoms. The molecular weight excluding hydrogens is 255 g/mol. The van der Waals surface area contributed by atoms with Gasteiger partial charge in [-0.25, -0.2) is 0 Å². The van der Waals surface area contributed by atoms with E-state index >= 15 is 0 Å². The third-order valence-electron chi connectivity index (χ3n) is 4.06. The van der Waals surface area contributed by atoms with Gasteiger partial charge in [-0.2, -0.15) is 0 Å². The smallest absolute Gasteiger partial charge is 0.409 e. The number of nitrogens with zero attached hydrogens (tertiary/aromatic N) is 1. The maximum absolute atomic E-state index is 8.72. The molecule has 1 saturated heterocycles. The summed E-state index contributed by atoms with van der Waals surface area (Å²) in [4.78, 5) is 0. The number of hydrogen-bond donors (Lipinski definition) is 2. The van der Waals surface area contributed by atoms with E-state index in [1.165, 1.54) is 0 Å². The molecule has 0 radical (unpaired) electrons. The Kier molecular flexibility index (Phi) is 3.80. The van der Waals surface area contributed by atoms with Crippen LogP contribution in [0.1, 0.15) is 33.3 Å². The Balaban J connectivity index is 2.31. The normalized spacial score (nSPS) is 21.2. The van der Waals surface area contributed by atoms with Gasteiger partial charge in [-0.05, 0) is 38.7 Å². The molecule has 0 atom stereocenters. The highest BCUT2D eigenvalue weighted by atomic mass is 16.7. The SMILES string of the molecule is CC1(C)OB(c2ccccc2C/C(N)=N/O)OC1(C)C. The zero-order chi connectivity index (χ0) is 15.0. The van der Waals surface area contributed by atoms with Crippen LogP contribution in [0.4, 0.5) is 0 Å². The third-order valence-corrected chi connectivity index (χ3v) is 4.06. The summed E-state index contributed by atoms with van der Waals surface area (Å²) in [5, 5.41) is 11.7. The minimum Gasteiger partial charge on any atom is -0.409 e. The molecule has 1 aromatic carbocycles. The number of amidine groups is 1. The molecule has 108 valence electrons. The monoisotopic (exact) mass is 276 g/mol. The number of nitrogens with two attached hydrogens (primary N) is 1. The standard InChI is InChI=1S/C14H21BN2O3/c1-13(2)14(3,4)20-15(19-13)11-8-6-5-7-10(11)9-12(16)17-18/h5-8,18H,9H2,1-4H3,(H2,16,17). The first-order valence-electron chi connectivity index (χ1n) is 6.67. The largest absolute Gasteiger partial charge is 0.495 e. The molecule has 0 aliphatic carbocycles. The van der Waals surface area contributed by atoms with Gasteiger partial charge in [0.1, 0.15) is 5.84 Å². The van der Waals surface area contributed by atoms with E-state index in [0.717, 1.165) is 11.0 Å². The summed E-state index contributed by atoms with van der Waals surface area (Å²) in [7, 11) is -0.442. The van der Waals surface area contributed by atoms with E-state index in [2.05, 4.69) is 5.16 Å². The predicted molar refractivity (Wildman–Crippen MR) is 79.3 cm³/mol. The molecule has 0 spiro atoms. The summed E-state index contributed by atoms with van der Waals surface area (Å²) in [6.07, 6.45) is 0.358. The summed E-state index contributed by atoms with van der Waals surface area (Å²) in [5.41, 5.74) is 6.67. The molecule has 3 N–H and O–H groups in total. The Hall–Kier alpha value is -1.53. The zero-order valence-corrected chi connectivity index (χ0v) is 12.4. The van der Waals surface area contributed by atoms with E-state index in [0.29, 0.717) is 6.42 Å². The maximum atomic E-state index is 8.72. The van der Waals surface area contributed by atoms with Crippen LogP contribution in [0.2, 0.25) is 0 Å². The van der Waals surface area contributed by atoms with Crippen LogP contribution in [0.3, 0.4) is 0 Å². The maximum Gasteiger partial charge on any atom is 0.495 e. The average Bonchev–Trinajstić information content (AvgIpc) is 2.59. The molecule has 1 aliphatic heterocycles. The van der Waals surface area contributed by atoms with Gasteiger partial charge >= 0.3 is 7.12 Å². The lowest BCUT2D eigenvalue weighted by atomic mass is 9.75. The van der Waals surface area contributed by atoms with E-state index in [4.69, 9.17) is 20.2 Å². The van der Waals surface area contributed by atoms with Crippen LogP contribution in [-0.4, -0.2) is 29.4 Å². The highest BCUT2D eigenvalue weighted by molar-refractivity contribution is 6.62. The van der Waals surface area contributed by atoms with Gasteiger partial charge in [-0.3, -0.25) is 0 Å². The first-order valence-corrected chi connectivity index (χ1v) is 6.67. The molecule has 0 amide bonds. The predicted octanol–water partition coefficient (Wildman–Crippen LogP) is 1.27. The minimum absolute atomic E-state index is 0.161. The fourth-order valence-electron chi connectivity index (χ4n) is 2.13. The van der Waals surface area contributed by atoms with Gasteiger partial charge in [0.2, 0.25) is 0 Å². The Morgan fingerprint density at radius 3 is 2.30 bits per heavy atom. The van der Waals surface area contributed by atoms with E-state index in [9.17, 15) is 0 Å². The highest BCUT2D eigenvalue weighted by Gasteiger charge is 2.52. The van der Waals surface area contributed by atoms with Crippen LogP contribution < -0.4 is 11.2 Å². The van der Waals surface area contributed by atoms with Crippen molar-refractivity contribution in [2.24, 2.45) is 10.9 Å². The van der Waals surface area contributed by atoms with Crippen LogP contribution >= 0.6 is 0 Å². The van der Waals surface area contributed by atoms with Crippen LogP contribution in [0.25, 0.3) is 0 Å². The van der Waals surface area contributed by atoms with Crippen LogP contribution in [0.15, 0.2) is 29.4 Å². The topological polar surface area (TPSA) is 77.1 Å². The second kappa shape index (κ2) is 5.11. The van der Waals surface area contributed by atoms with Crippen LogP contribution in [0.5, 0.6) is 0 Å². The Bertz CT molecular complexity index is 513. The van der Waals surface area contributed by atoms with Gasteiger partial charge in [0.05, 0.1) is 11.2 Å². The zero-order valence-electron chi connectivity index (χ0n) is 12.4. The Morgan fingerprint density at radius 2 is 1.75 bits per heavy atom. The van der Waals surface area contributed by atoms with Crippen molar-refractivity contribution in [3.05, 3.63) is 29.8 Å². The molecule has 0 bridgehead atoms. The molecule has 5 nitrogen and oxygen atoms in total. The molecule has 0 unspecified atom stereocenters. The summed E-state index contributed by atoms with van der Waals surface area (Å²) >= 11 is 0. The van der Waals surface area contributed by atoms with E-state index < -0.39 is 7.12 Å². The van der Waals surface area contributed by atoms with Gasteiger partial charge in [0, 0.05) is 6.42 Å². The van der Waals surface area contributed by atoms with Crippen LogP contribution in [0, 0.1) is 0 Å². The first kappa shape index (κ1) is 14.9. The van der Waals surface area contributed by atoms with Crippen molar-refractivity contribution in [1.82, 2.24) is 0 Å². The Labute approximate surface area is 119 Å². The molecule has 2 rings (SSSR count). The molecule has 1 fully saturated rings. The lowest BCUT2D eigenvalue weighted by Crippen LogP contribution is -2.41. The van der Waals surface area contributed by atoms with Gasteiger partial charge in [0.25, 0.3) is 0 Å². The van der Waals surface area contributed by atoms with Crippen molar-refractivity contribution in [2.45, 2.75) is 45.3 Å². The van der Waals surface area contributed by atoms with Crippen molar-refractivity contribution >= 4 is 18.4 Å². The second-order valence-corrected chi connectivity index (χ2v) is 6.06. The van der Waals surface area contributed by atoms with Crippen molar-refractivity contribution in [2.75, 3.05) is 0 Å². The minimum atomic E-state index is -0.442. The number of rotatable bonds is 3. The molecule has 1 aromatic rings. The van der Waals surface area contributed by atoms with Gasteiger partial charge in [0.15, 0.2) is 0 Å². The molecule has 0 saturated carbocycles. The van der Waals surface area contributed by atoms with Crippen molar-refractivity contribution in [1.29, 1.82) is 0 Å². The number of oxime groups is 1. The van der Waals surface area contributed by atoms with Gasteiger partial charge in [-0.15, -0.1) is 0 Å². The van der Waals surface area contributed by atoms with Crippen molar-refractivity contribution < 1.29 is 14.5 Å². The Morgan fingerprint density at radius 1 is 1.20 bits per heavy atom. The fourth-order valence-corrected chi connectivity index (χ4v) is 2.13. The molecular formula is C14H21BN2O3. The number of benzene rings is 1. The second-order valence-electron chi connectivity index (χ2n) is 6.06. The first-order chi connectivity index (χ1) is 9.27. The molecule has 1 heterocycles. The van der Waals surface area contributed by atoms with E-state index in [1.54, 1.807) is 0 Å². The van der Waals surface area contributed by atoms with Gasteiger partial charge in [-0.1, -0.05) is 29.4 Å². The average molecular weight is 276 g/mol. The molecule has 1 aliphatic rings. The van der Waals surface area contributed by atoms with Crippen LogP contribution in [-0.2, 0) is 15.7 Å². The molecule has 20 heavy (non-hydrogen) atoms. The number of hydrogen-bond acceptors (Lipinski definition) is 4.